The third-order valence-electron chi connectivity index (χ3n) is 8.59. The summed E-state index contributed by atoms with van der Waals surface area (Å²) in [5.74, 6) is 3.32. The van der Waals surface area contributed by atoms with Crippen LogP contribution in [0.25, 0.3) is 0 Å². The number of carbonyl (C=O) groups excluding carboxylic acids is 1. The van der Waals surface area contributed by atoms with Gasteiger partial charge in [-0.25, -0.2) is 0 Å². The Labute approximate surface area is 163 Å². The van der Waals surface area contributed by atoms with Gasteiger partial charge < -0.3 is 4.90 Å². The Kier molecular flexibility index (Phi) is 3.73. The molecule has 2 aliphatic heterocycles. The van der Waals surface area contributed by atoms with Crippen molar-refractivity contribution in [3.63, 3.8) is 0 Å². The predicted molar refractivity (Wildman–Crippen MR) is 106 cm³/mol. The highest BCUT2D eigenvalue weighted by Crippen LogP contribution is 2.61. The molecule has 4 aliphatic carbocycles. The molecule has 6 aliphatic rings. The molecule has 1 aromatic rings. The van der Waals surface area contributed by atoms with E-state index in [1.54, 1.807) is 0 Å². The summed E-state index contributed by atoms with van der Waals surface area (Å²) in [6.07, 6.45) is 10.5. The molecule has 144 valence electrons. The van der Waals surface area contributed by atoms with E-state index in [0.717, 1.165) is 43.8 Å². The van der Waals surface area contributed by atoms with Gasteiger partial charge >= 0.3 is 0 Å². The van der Waals surface area contributed by atoms with Crippen LogP contribution in [0.4, 0.5) is 0 Å². The van der Waals surface area contributed by atoms with Crippen molar-refractivity contribution >= 4 is 5.91 Å². The van der Waals surface area contributed by atoms with Crippen LogP contribution in [-0.2, 0) is 11.3 Å². The van der Waals surface area contributed by atoms with Crippen molar-refractivity contribution in [3.8, 4) is 0 Å². The molecule has 0 aromatic heterocycles. The highest BCUT2D eigenvalue weighted by molar-refractivity contribution is 5.78. The fourth-order valence-electron chi connectivity index (χ4n) is 8.00. The Morgan fingerprint density at radius 1 is 0.889 bits per heavy atom. The van der Waals surface area contributed by atoms with Gasteiger partial charge in [-0.1, -0.05) is 30.3 Å². The number of fused-ring (bicyclic) bond motifs is 2. The topological polar surface area (TPSA) is 23.6 Å². The summed E-state index contributed by atoms with van der Waals surface area (Å²) in [6.45, 7) is 3.09. The highest BCUT2D eigenvalue weighted by atomic mass is 16.2. The Morgan fingerprint density at radius 2 is 1.56 bits per heavy atom. The first kappa shape index (κ1) is 16.6. The van der Waals surface area contributed by atoms with Crippen LogP contribution in [0.2, 0.25) is 0 Å². The standard InChI is InChI=1S/C24H32N2O/c27-23(13-24-10-18-6-19(11-24)8-20(7-18)12-24)26-16-21-9-22(26)15-25(21)14-17-4-2-1-3-5-17/h1-5,18-22H,6-16H2. The molecule has 27 heavy (non-hydrogen) atoms. The van der Waals surface area contributed by atoms with E-state index in [1.807, 2.05) is 0 Å². The first-order valence-corrected chi connectivity index (χ1v) is 11.2. The van der Waals surface area contributed by atoms with Crippen LogP contribution in [0.15, 0.2) is 30.3 Å². The molecule has 0 spiro atoms. The Hall–Kier alpha value is -1.35. The third kappa shape index (κ3) is 2.85. The smallest absolute Gasteiger partial charge is 0.223 e. The first-order chi connectivity index (χ1) is 13.2. The van der Waals surface area contributed by atoms with Crippen LogP contribution in [0.3, 0.4) is 0 Å². The molecule has 7 rings (SSSR count). The van der Waals surface area contributed by atoms with Crippen molar-refractivity contribution < 1.29 is 4.79 Å². The van der Waals surface area contributed by atoms with Crippen LogP contribution in [-0.4, -0.2) is 40.9 Å². The van der Waals surface area contributed by atoms with Gasteiger partial charge in [0.05, 0.1) is 0 Å². The van der Waals surface area contributed by atoms with E-state index >= 15 is 0 Å². The fourth-order valence-corrected chi connectivity index (χ4v) is 8.00. The lowest BCUT2D eigenvalue weighted by Crippen LogP contribution is -2.52. The lowest BCUT2D eigenvalue weighted by atomic mass is 9.49. The fraction of sp³-hybridized carbons (Fsp3) is 0.708. The zero-order chi connectivity index (χ0) is 18.0. The van der Waals surface area contributed by atoms with Crippen molar-refractivity contribution in [2.24, 2.45) is 23.2 Å². The summed E-state index contributed by atoms with van der Waals surface area (Å²) in [7, 11) is 0. The van der Waals surface area contributed by atoms with Gasteiger partial charge in [0, 0.05) is 38.1 Å². The van der Waals surface area contributed by atoms with Gasteiger partial charge in [-0.2, -0.15) is 0 Å². The zero-order valence-electron chi connectivity index (χ0n) is 16.4. The second-order valence-electron chi connectivity index (χ2n) is 10.6. The second kappa shape index (κ2) is 6.07. The average molecular weight is 365 g/mol. The van der Waals surface area contributed by atoms with Crippen molar-refractivity contribution in [1.29, 1.82) is 0 Å². The summed E-state index contributed by atoms with van der Waals surface area (Å²) in [6, 6.07) is 11.8. The van der Waals surface area contributed by atoms with Crippen LogP contribution in [0.5, 0.6) is 0 Å². The summed E-state index contributed by atoms with van der Waals surface area (Å²) < 4.78 is 0. The van der Waals surface area contributed by atoms with Crippen molar-refractivity contribution in [1.82, 2.24) is 9.80 Å². The number of piperazine rings is 1. The van der Waals surface area contributed by atoms with Crippen molar-refractivity contribution in [2.45, 2.75) is 70.0 Å². The molecule has 4 saturated carbocycles. The minimum Gasteiger partial charge on any atom is -0.337 e. The van der Waals surface area contributed by atoms with Gasteiger partial charge in [-0.15, -0.1) is 0 Å². The number of likely N-dealkylation sites (tertiary alicyclic amines) is 2. The SMILES string of the molecule is O=C(CC12CC3CC(CC(C3)C1)C2)N1CC2CC1CN2Cc1ccccc1. The maximum Gasteiger partial charge on any atom is 0.223 e. The molecule has 0 N–H and O–H groups in total. The number of rotatable bonds is 4. The highest BCUT2D eigenvalue weighted by Gasteiger charge is 2.53. The summed E-state index contributed by atoms with van der Waals surface area (Å²) in [4.78, 5) is 18.2. The van der Waals surface area contributed by atoms with Crippen LogP contribution < -0.4 is 0 Å². The molecule has 2 saturated heterocycles. The molecule has 1 aromatic carbocycles. The molecule has 6 fully saturated rings. The van der Waals surface area contributed by atoms with Crippen LogP contribution in [0, 0.1) is 23.2 Å². The van der Waals surface area contributed by atoms with Gasteiger partial charge in [-0.05, 0) is 73.7 Å². The quantitative estimate of drug-likeness (QED) is 0.804. The monoisotopic (exact) mass is 364 g/mol. The lowest BCUT2D eigenvalue weighted by Gasteiger charge is -2.57. The Balaban J connectivity index is 1.10. The molecule has 2 heterocycles. The first-order valence-electron chi connectivity index (χ1n) is 11.2. The summed E-state index contributed by atoms with van der Waals surface area (Å²) in [5.41, 5.74) is 1.79. The number of carbonyl (C=O) groups is 1. The number of nitrogens with zero attached hydrogens (tertiary/aromatic N) is 2. The molecular formula is C24H32N2O. The predicted octanol–water partition coefficient (Wildman–Crippen LogP) is 4.08. The van der Waals surface area contributed by atoms with E-state index in [-0.39, 0.29) is 0 Å². The van der Waals surface area contributed by atoms with Crippen LogP contribution in [0.1, 0.15) is 56.9 Å². The summed E-state index contributed by atoms with van der Waals surface area (Å²) >= 11 is 0. The maximum absolute atomic E-state index is 13.3. The van der Waals surface area contributed by atoms with Gasteiger partial charge in [-0.3, -0.25) is 9.69 Å². The molecule has 2 unspecified atom stereocenters. The lowest BCUT2D eigenvalue weighted by molar-refractivity contribution is -0.141. The number of hydrogen-bond acceptors (Lipinski definition) is 2. The van der Waals surface area contributed by atoms with Crippen molar-refractivity contribution in [2.75, 3.05) is 13.1 Å². The largest absolute Gasteiger partial charge is 0.337 e. The number of hydrogen-bond donors (Lipinski definition) is 0. The minimum atomic E-state index is 0.386. The molecule has 0 radical (unpaired) electrons. The Bertz CT molecular complexity index is 694. The summed E-state index contributed by atoms with van der Waals surface area (Å²) in [5, 5.41) is 0. The van der Waals surface area contributed by atoms with E-state index in [0.29, 0.717) is 23.4 Å². The van der Waals surface area contributed by atoms with E-state index in [9.17, 15) is 4.79 Å². The van der Waals surface area contributed by atoms with E-state index in [1.165, 1.54) is 50.5 Å². The van der Waals surface area contributed by atoms with Gasteiger partial charge in [0.15, 0.2) is 0 Å². The van der Waals surface area contributed by atoms with Gasteiger partial charge in [0.2, 0.25) is 5.91 Å². The molecule has 2 atom stereocenters. The van der Waals surface area contributed by atoms with E-state index in [4.69, 9.17) is 0 Å². The molecule has 3 heteroatoms. The van der Waals surface area contributed by atoms with Gasteiger partial charge in [0.1, 0.15) is 0 Å². The normalized spacial score (nSPS) is 42.2. The second-order valence-corrected chi connectivity index (χ2v) is 10.6. The Morgan fingerprint density at radius 3 is 2.15 bits per heavy atom. The minimum absolute atomic E-state index is 0.386. The average Bonchev–Trinajstić information content (AvgIpc) is 3.21. The van der Waals surface area contributed by atoms with Crippen molar-refractivity contribution in [3.05, 3.63) is 35.9 Å². The molecule has 3 nitrogen and oxygen atoms in total. The number of benzene rings is 1. The molecule has 6 bridgehead atoms. The van der Waals surface area contributed by atoms with E-state index < -0.39 is 0 Å². The molecule has 1 amide bonds. The third-order valence-corrected chi connectivity index (χ3v) is 8.59. The number of amides is 1. The maximum atomic E-state index is 13.3. The van der Waals surface area contributed by atoms with Gasteiger partial charge in [0.25, 0.3) is 0 Å². The molecular weight excluding hydrogens is 332 g/mol. The van der Waals surface area contributed by atoms with Crippen LogP contribution >= 0.6 is 0 Å². The van der Waals surface area contributed by atoms with E-state index in [2.05, 4.69) is 40.1 Å². The zero-order valence-corrected chi connectivity index (χ0v) is 16.4.